The van der Waals surface area contributed by atoms with Crippen molar-refractivity contribution in [1.82, 2.24) is 10.2 Å². The molecule has 158 valence electrons. The lowest BCUT2D eigenvalue weighted by atomic mass is 9.79. The van der Waals surface area contributed by atoms with Crippen molar-refractivity contribution in [2.75, 3.05) is 39.1 Å². The molecule has 0 atom stereocenters. The first-order valence-electron chi connectivity index (χ1n) is 10.2. The number of halogens is 1. The van der Waals surface area contributed by atoms with Crippen LogP contribution in [-0.2, 0) is 11.3 Å². The number of hydrogen-bond donors (Lipinski definition) is 3. The molecule has 0 heterocycles. The van der Waals surface area contributed by atoms with Crippen LogP contribution in [0.25, 0.3) is 0 Å². The summed E-state index contributed by atoms with van der Waals surface area (Å²) in [4.78, 5) is 14.4. The summed E-state index contributed by atoms with van der Waals surface area (Å²) in [6.45, 7) is 4.38. The predicted molar refractivity (Wildman–Crippen MR) is 116 cm³/mol. The van der Waals surface area contributed by atoms with Gasteiger partial charge in [0.25, 0.3) is 0 Å². The molecule has 4 N–H and O–H groups in total. The van der Waals surface area contributed by atoms with Crippen molar-refractivity contribution in [2.45, 2.75) is 57.5 Å². The number of benzene rings is 1. The molecule has 1 fully saturated rings. The monoisotopic (exact) mass is 455 g/mol. The number of rotatable bonds is 10. The molecular weight excluding hydrogens is 422 g/mol. The standard InChI is InChI=1S/C21H34BrN3O3/c1-3-21(7-5-4-6-8-21)24-15-17-13-16(14-18(22)19(17)23)20(27)28-12-10-25(2)9-11-26/h13-14,24,26H,3-12,15,23H2,1-2H3. The molecule has 6 nitrogen and oxygen atoms in total. The molecule has 1 aliphatic carbocycles. The van der Waals surface area contributed by atoms with Crippen LogP contribution < -0.4 is 11.1 Å². The lowest BCUT2D eigenvalue weighted by Crippen LogP contribution is -2.45. The number of nitrogens with one attached hydrogen (secondary N) is 1. The minimum absolute atomic E-state index is 0.0883. The van der Waals surface area contributed by atoms with E-state index in [-0.39, 0.29) is 24.7 Å². The van der Waals surface area contributed by atoms with E-state index in [1.54, 1.807) is 6.07 Å². The zero-order chi connectivity index (χ0) is 20.6. The summed E-state index contributed by atoms with van der Waals surface area (Å²) < 4.78 is 6.10. The second-order valence-corrected chi connectivity index (χ2v) is 8.60. The number of likely N-dealkylation sites (N-methyl/N-ethyl adjacent to an activating group) is 1. The van der Waals surface area contributed by atoms with E-state index < -0.39 is 0 Å². The van der Waals surface area contributed by atoms with Gasteiger partial charge in [-0.2, -0.15) is 0 Å². The van der Waals surface area contributed by atoms with Gasteiger partial charge in [0.1, 0.15) is 6.61 Å². The molecular formula is C21H34BrN3O3. The van der Waals surface area contributed by atoms with Crippen LogP contribution in [0.2, 0.25) is 0 Å². The number of nitrogen functional groups attached to an aromatic ring is 1. The second kappa shape index (κ2) is 11.1. The molecule has 0 aromatic heterocycles. The van der Waals surface area contributed by atoms with Gasteiger partial charge >= 0.3 is 5.97 Å². The van der Waals surface area contributed by atoms with Crippen LogP contribution in [0.15, 0.2) is 16.6 Å². The van der Waals surface area contributed by atoms with Gasteiger partial charge in [-0.25, -0.2) is 4.79 Å². The van der Waals surface area contributed by atoms with Gasteiger partial charge in [0.15, 0.2) is 0 Å². The second-order valence-electron chi connectivity index (χ2n) is 7.74. The lowest BCUT2D eigenvalue weighted by Gasteiger charge is -2.38. The minimum atomic E-state index is -0.359. The number of ether oxygens (including phenoxy) is 1. The van der Waals surface area contributed by atoms with Crippen molar-refractivity contribution in [3.8, 4) is 0 Å². The highest BCUT2D eigenvalue weighted by Crippen LogP contribution is 2.32. The largest absolute Gasteiger partial charge is 0.461 e. The molecule has 0 saturated heterocycles. The van der Waals surface area contributed by atoms with Crippen LogP contribution in [0, 0.1) is 0 Å². The zero-order valence-electron chi connectivity index (χ0n) is 17.1. The van der Waals surface area contributed by atoms with Crippen molar-refractivity contribution in [3.63, 3.8) is 0 Å². The van der Waals surface area contributed by atoms with Crippen LogP contribution in [0.5, 0.6) is 0 Å². The molecule has 0 unspecified atom stereocenters. The van der Waals surface area contributed by atoms with Crippen LogP contribution in [0.3, 0.4) is 0 Å². The predicted octanol–water partition coefficient (Wildman–Crippen LogP) is 3.31. The number of aliphatic hydroxyl groups is 1. The maximum atomic E-state index is 12.5. The molecule has 0 bridgehead atoms. The smallest absolute Gasteiger partial charge is 0.338 e. The first kappa shape index (κ1) is 23.1. The minimum Gasteiger partial charge on any atom is -0.461 e. The third kappa shape index (κ3) is 6.44. The number of nitrogens with zero attached hydrogens (tertiary/aromatic N) is 1. The first-order chi connectivity index (χ1) is 13.4. The van der Waals surface area contributed by atoms with Crippen LogP contribution in [0.1, 0.15) is 61.4 Å². The molecule has 0 radical (unpaired) electrons. The Bertz CT molecular complexity index is 648. The number of carbonyl (C=O) groups excluding carboxylic acids is 1. The summed E-state index contributed by atoms with van der Waals surface area (Å²) in [6.07, 6.45) is 7.30. The van der Waals surface area contributed by atoms with E-state index in [0.29, 0.717) is 35.4 Å². The molecule has 0 amide bonds. The van der Waals surface area contributed by atoms with E-state index >= 15 is 0 Å². The number of aliphatic hydroxyl groups excluding tert-OH is 1. The Morgan fingerprint density at radius 1 is 1.32 bits per heavy atom. The SMILES string of the molecule is CCC1(NCc2cc(C(=O)OCCN(C)CCO)cc(Br)c2N)CCCCC1. The van der Waals surface area contributed by atoms with E-state index in [0.717, 1.165) is 12.0 Å². The number of esters is 1. The van der Waals surface area contributed by atoms with Gasteiger partial charge in [-0.1, -0.05) is 26.2 Å². The normalized spacial score (nSPS) is 16.3. The van der Waals surface area contributed by atoms with Gasteiger partial charge in [0, 0.05) is 29.6 Å². The Morgan fingerprint density at radius 2 is 2.04 bits per heavy atom. The van der Waals surface area contributed by atoms with E-state index in [1.807, 2.05) is 18.0 Å². The van der Waals surface area contributed by atoms with Gasteiger partial charge in [-0.3, -0.25) is 0 Å². The fourth-order valence-electron chi connectivity index (χ4n) is 3.77. The summed E-state index contributed by atoms with van der Waals surface area (Å²) >= 11 is 3.48. The van der Waals surface area contributed by atoms with E-state index in [4.69, 9.17) is 15.6 Å². The summed E-state index contributed by atoms with van der Waals surface area (Å²) in [5.41, 5.74) is 8.50. The number of carbonyl (C=O) groups is 1. The quantitative estimate of drug-likeness (QED) is 0.370. The third-order valence-electron chi connectivity index (χ3n) is 5.78. The van der Waals surface area contributed by atoms with E-state index in [9.17, 15) is 4.79 Å². The molecule has 28 heavy (non-hydrogen) atoms. The van der Waals surface area contributed by atoms with Crippen molar-refractivity contribution in [1.29, 1.82) is 0 Å². The lowest BCUT2D eigenvalue weighted by molar-refractivity contribution is 0.0467. The van der Waals surface area contributed by atoms with Crippen LogP contribution >= 0.6 is 15.9 Å². The Morgan fingerprint density at radius 3 is 2.68 bits per heavy atom. The van der Waals surface area contributed by atoms with Crippen molar-refractivity contribution in [3.05, 3.63) is 27.7 Å². The number of nitrogens with two attached hydrogens (primary N) is 1. The Balaban J connectivity index is 2.01. The highest BCUT2D eigenvalue weighted by molar-refractivity contribution is 9.10. The summed E-state index contributed by atoms with van der Waals surface area (Å²) in [5.74, 6) is -0.359. The van der Waals surface area contributed by atoms with Gasteiger partial charge in [-0.05, 0) is 59.9 Å². The molecule has 1 aliphatic rings. The van der Waals surface area contributed by atoms with E-state index in [2.05, 4.69) is 28.2 Å². The maximum absolute atomic E-state index is 12.5. The Kier molecular flexibility index (Phi) is 9.21. The average molecular weight is 456 g/mol. The number of anilines is 1. The first-order valence-corrected chi connectivity index (χ1v) is 11.0. The fourth-order valence-corrected chi connectivity index (χ4v) is 4.27. The molecule has 1 aromatic carbocycles. The summed E-state index contributed by atoms with van der Waals surface area (Å²) in [7, 11) is 1.88. The molecule has 1 saturated carbocycles. The average Bonchev–Trinajstić information content (AvgIpc) is 2.69. The Hall–Kier alpha value is -1.15. The summed E-state index contributed by atoms with van der Waals surface area (Å²) in [6, 6.07) is 3.55. The zero-order valence-corrected chi connectivity index (χ0v) is 18.7. The van der Waals surface area contributed by atoms with Gasteiger partial charge in [0.05, 0.1) is 17.9 Å². The molecule has 1 aromatic rings. The van der Waals surface area contributed by atoms with Crippen molar-refractivity contribution >= 4 is 27.6 Å². The van der Waals surface area contributed by atoms with Crippen molar-refractivity contribution in [2.24, 2.45) is 0 Å². The third-order valence-corrected chi connectivity index (χ3v) is 6.44. The van der Waals surface area contributed by atoms with Crippen LogP contribution in [0.4, 0.5) is 5.69 Å². The van der Waals surface area contributed by atoms with Crippen LogP contribution in [-0.4, -0.2) is 54.9 Å². The van der Waals surface area contributed by atoms with Crippen molar-refractivity contribution < 1.29 is 14.6 Å². The fraction of sp³-hybridized carbons (Fsp3) is 0.667. The Labute approximate surface area is 176 Å². The van der Waals surface area contributed by atoms with Gasteiger partial charge < -0.3 is 25.8 Å². The van der Waals surface area contributed by atoms with E-state index in [1.165, 1.54) is 32.1 Å². The highest BCUT2D eigenvalue weighted by atomic mass is 79.9. The molecule has 7 heteroatoms. The molecule has 2 rings (SSSR count). The van der Waals surface area contributed by atoms with Gasteiger partial charge in [-0.15, -0.1) is 0 Å². The topological polar surface area (TPSA) is 87.8 Å². The number of hydrogen-bond acceptors (Lipinski definition) is 6. The molecule has 0 aliphatic heterocycles. The maximum Gasteiger partial charge on any atom is 0.338 e. The van der Waals surface area contributed by atoms with Gasteiger partial charge in [0.2, 0.25) is 0 Å². The molecule has 0 spiro atoms. The summed E-state index contributed by atoms with van der Waals surface area (Å²) in [5, 5.41) is 12.6. The highest BCUT2D eigenvalue weighted by Gasteiger charge is 2.29.